The van der Waals surface area contributed by atoms with Gasteiger partial charge in [-0.3, -0.25) is 4.79 Å². The minimum Gasteiger partial charge on any atom is -0.347 e. The van der Waals surface area contributed by atoms with Crippen LogP contribution in [0.1, 0.15) is 57.1 Å². The quantitative estimate of drug-likeness (QED) is 0.910. The lowest BCUT2D eigenvalue weighted by atomic mass is 9.81. The van der Waals surface area contributed by atoms with Gasteiger partial charge in [0.2, 0.25) is 0 Å². The lowest BCUT2D eigenvalue weighted by Gasteiger charge is -2.33. The average molecular weight is 331 g/mol. The molecule has 1 aromatic carbocycles. The number of carbonyl (C=O) groups is 1. The zero-order valence-electron chi connectivity index (χ0n) is 15.3. The Labute approximate surface area is 143 Å². The van der Waals surface area contributed by atoms with Gasteiger partial charge in [0, 0.05) is 5.54 Å². The third kappa shape index (κ3) is 4.22. The molecule has 5 heteroatoms. The van der Waals surface area contributed by atoms with Crippen molar-refractivity contribution >= 4 is 5.91 Å². The molecule has 1 N–H and O–H groups in total. The Morgan fingerprint density at radius 1 is 1.21 bits per heavy atom. The molecule has 0 spiro atoms. The minimum absolute atomic E-state index is 0.100. The predicted octanol–water partition coefficient (Wildman–Crippen LogP) is 4.26. The number of hydrogen-bond donors (Lipinski definition) is 1. The molecule has 0 aliphatic carbocycles. The number of carbonyl (C=O) groups excluding carboxylic acids is 1. The van der Waals surface area contributed by atoms with Gasteiger partial charge in [-0.2, -0.15) is 5.10 Å². The summed E-state index contributed by atoms with van der Waals surface area (Å²) in [6.45, 7) is 12.2. The fraction of sp³-hybridized carbons (Fsp3) is 0.474. The topological polar surface area (TPSA) is 46.9 Å². The van der Waals surface area contributed by atoms with E-state index in [1.807, 2.05) is 13.8 Å². The number of rotatable bonds is 4. The summed E-state index contributed by atoms with van der Waals surface area (Å²) in [7, 11) is 0. The van der Waals surface area contributed by atoms with Gasteiger partial charge in [-0.05, 0) is 44.7 Å². The van der Waals surface area contributed by atoms with Crippen LogP contribution in [-0.2, 0) is 0 Å². The van der Waals surface area contributed by atoms with Crippen LogP contribution < -0.4 is 5.32 Å². The Balaban J connectivity index is 2.25. The lowest BCUT2D eigenvalue weighted by molar-refractivity contribution is 0.0891. The molecule has 1 aromatic heterocycles. The van der Waals surface area contributed by atoms with Crippen LogP contribution in [-0.4, -0.2) is 21.2 Å². The van der Waals surface area contributed by atoms with Gasteiger partial charge in [0.15, 0.2) is 0 Å². The van der Waals surface area contributed by atoms with Crippen LogP contribution in [0.2, 0.25) is 0 Å². The summed E-state index contributed by atoms with van der Waals surface area (Å²) in [5.41, 5.74) is 1.16. The summed E-state index contributed by atoms with van der Waals surface area (Å²) >= 11 is 0. The molecule has 0 aliphatic heterocycles. The van der Waals surface area contributed by atoms with Crippen LogP contribution in [0.5, 0.6) is 0 Å². The van der Waals surface area contributed by atoms with Crippen molar-refractivity contribution in [2.45, 2.75) is 53.5 Å². The molecule has 0 aliphatic rings. The minimum atomic E-state index is -0.372. The number of hydrogen-bond acceptors (Lipinski definition) is 2. The van der Waals surface area contributed by atoms with E-state index in [0.29, 0.717) is 16.9 Å². The van der Waals surface area contributed by atoms with Crippen molar-refractivity contribution in [3.63, 3.8) is 0 Å². The van der Waals surface area contributed by atoms with Crippen molar-refractivity contribution in [2.24, 2.45) is 5.41 Å². The first-order valence-corrected chi connectivity index (χ1v) is 8.12. The zero-order chi connectivity index (χ0) is 18.1. The second kappa shape index (κ2) is 6.38. The van der Waals surface area contributed by atoms with Crippen molar-refractivity contribution in [3.8, 4) is 5.69 Å². The van der Waals surface area contributed by atoms with Gasteiger partial charge in [-0.1, -0.05) is 32.9 Å². The highest BCUT2D eigenvalue weighted by Gasteiger charge is 2.28. The normalized spacial score (nSPS) is 12.3. The molecule has 0 bridgehead atoms. The summed E-state index contributed by atoms with van der Waals surface area (Å²) in [4.78, 5) is 12.6. The number of halogens is 1. The van der Waals surface area contributed by atoms with Crippen molar-refractivity contribution in [1.82, 2.24) is 15.1 Å². The summed E-state index contributed by atoms with van der Waals surface area (Å²) in [5.74, 6) is -0.562. The summed E-state index contributed by atoms with van der Waals surface area (Å²) in [5, 5.41) is 7.25. The fourth-order valence-electron chi connectivity index (χ4n) is 3.24. The molecule has 0 radical (unpaired) electrons. The Kier molecular flexibility index (Phi) is 4.83. The van der Waals surface area contributed by atoms with E-state index in [-0.39, 0.29) is 22.7 Å². The van der Waals surface area contributed by atoms with Crippen molar-refractivity contribution in [1.29, 1.82) is 0 Å². The van der Waals surface area contributed by atoms with E-state index < -0.39 is 0 Å². The zero-order valence-corrected chi connectivity index (χ0v) is 15.3. The van der Waals surface area contributed by atoms with E-state index in [1.54, 1.807) is 25.1 Å². The largest absolute Gasteiger partial charge is 0.347 e. The molecule has 1 heterocycles. The number of amides is 1. The molecule has 0 saturated carbocycles. The van der Waals surface area contributed by atoms with E-state index >= 15 is 0 Å². The van der Waals surface area contributed by atoms with Crippen LogP contribution in [0.3, 0.4) is 0 Å². The molecule has 2 rings (SSSR count). The SMILES string of the molecule is Cc1c(C(=O)NC(C)(C)CC(C)(C)C)cnn1-c1ccccc1F. The maximum absolute atomic E-state index is 14.0. The number of nitrogens with one attached hydrogen (secondary N) is 1. The Morgan fingerprint density at radius 3 is 2.42 bits per heavy atom. The molecule has 2 aromatic rings. The molecular formula is C19H26FN3O. The number of benzene rings is 1. The molecule has 0 unspecified atom stereocenters. The Morgan fingerprint density at radius 2 is 1.83 bits per heavy atom. The van der Waals surface area contributed by atoms with Crippen LogP contribution in [0, 0.1) is 18.2 Å². The van der Waals surface area contributed by atoms with E-state index in [4.69, 9.17) is 0 Å². The first-order chi connectivity index (χ1) is 11.0. The van der Waals surface area contributed by atoms with Crippen molar-refractivity contribution in [2.75, 3.05) is 0 Å². The van der Waals surface area contributed by atoms with Crippen LogP contribution in [0.15, 0.2) is 30.5 Å². The highest BCUT2D eigenvalue weighted by atomic mass is 19.1. The number of nitrogens with zero attached hydrogens (tertiary/aromatic N) is 2. The van der Waals surface area contributed by atoms with Crippen LogP contribution in [0.4, 0.5) is 4.39 Å². The second-order valence-electron chi connectivity index (χ2n) is 8.08. The monoisotopic (exact) mass is 331 g/mol. The van der Waals surface area contributed by atoms with Gasteiger partial charge in [-0.25, -0.2) is 9.07 Å². The second-order valence-corrected chi connectivity index (χ2v) is 8.08. The van der Waals surface area contributed by atoms with Crippen LogP contribution >= 0.6 is 0 Å². The molecule has 24 heavy (non-hydrogen) atoms. The van der Waals surface area contributed by atoms with E-state index in [1.165, 1.54) is 16.9 Å². The predicted molar refractivity (Wildman–Crippen MR) is 93.9 cm³/mol. The van der Waals surface area contributed by atoms with Crippen molar-refractivity contribution in [3.05, 3.63) is 47.5 Å². The summed E-state index contributed by atoms with van der Waals surface area (Å²) in [6.07, 6.45) is 2.33. The summed E-state index contributed by atoms with van der Waals surface area (Å²) < 4.78 is 15.4. The standard InChI is InChI=1S/C19H26FN3O/c1-13-14(17(24)22-19(5,6)12-18(2,3)4)11-21-23(13)16-10-8-7-9-15(16)20/h7-11H,12H2,1-6H3,(H,22,24). The first kappa shape index (κ1) is 18.2. The van der Waals surface area contributed by atoms with Gasteiger partial charge in [-0.15, -0.1) is 0 Å². The van der Waals surface area contributed by atoms with Crippen molar-refractivity contribution < 1.29 is 9.18 Å². The average Bonchev–Trinajstić information content (AvgIpc) is 2.77. The van der Waals surface area contributed by atoms with Crippen LogP contribution in [0.25, 0.3) is 5.69 Å². The highest BCUT2D eigenvalue weighted by molar-refractivity contribution is 5.95. The Bertz CT molecular complexity index is 741. The smallest absolute Gasteiger partial charge is 0.255 e. The molecule has 1 amide bonds. The molecular weight excluding hydrogens is 305 g/mol. The highest BCUT2D eigenvalue weighted by Crippen LogP contribution is 2.27. The number of aromatic nitrogens is 2. The Hall–Kier alpha value is -2.17. The lowest BCUT2D eigenvalue weighted by Crippen LogP contribution is -2.45. The molecule has 0 fully saturated rings. The van der Waals surface area contributed by atoms with E-state index in [9.17, 15) is 9.18 Å². The molecule has 0 saturated heterocycles. The van der Waals surface area contributed by atoms with Gasteiger partial charge >= 0.3 is 0 Å². The molecule has 0 atom stereocenters. The van der Waals surface area contributed by atoms with Gasteiger partial charge in [0.1, 0.15) is 11.5 Å². The van der Waals surface area contributed by atoms with E-state index in [2.05, 4.69) is 31.2 Å². The first-order valence-electron chi connectivity index (χ1n) is 8.12. The maximum Gasteiger partial charge on any atom is 0.255 e. The molecule has 130 valence electrons. The van der Waals surface area contributed by atoms with Gasteiger partial charge in [0.25, 0.3) is 5.91 Å². The fourth-order valence-corrected chi connectivity index (χ4v) is 3.24. The van der Waals surface area contributed by atoms with Gasteiger partial charge < -0.3 is 5.32 Å². The third-order valence-corrected chi connectivity index (χ3v) is 3.76. The third-order valence-electron chi connectivity index (χ3n) is 3.76. The molecule has 4 nitrogen and oxygen atoms in total. The van der Waals surface area contributed by atoms with E-state index in [0.717, 1.165) is 6.42 Å². The maximum atomic E-state index is 14.0. The van der Waals surface area contributed by atoms with Gasteiger partial charge in [0.05, 0.1) is 17.5 Å². The number of para-hydroxylation sites is 1. The summed E-state index contributed by atoms with van der Waals surface area (Å²) in [6, 6.07) is 6.38.